The molecule has 0 radical (unpaired) electrons. The van der Waals surface area contributed by atoms with Crippen molar-refractivity contribution >= 4 is 34.5 Å². The Kier molecular flexibility index (Phi) is 2.86. The number of nitrogens with one attached hydrogen (secondary N) is 2. The average molecular weight is 241 g/mol. The van der Waals surface area contributed by atoms with Crippen LogP contribution >= 0.6 is 11.6 Å². The Labute approximate surface area is 95.4 Å². The van der Waals surface area contributed by atoms with Crippen molar-refractivity contribution in [1.29, 1.82) is 0 Å². The van der Waals surface area contributed by atoms with Crippen molar-refractivity contribution < 1.29 is 4.79 Å². The average Bonchev–Trinajstić information content (AvgIpc) is 2.64. The highest BCUT2D eigenvalue weighted by atomic mass is 35.5. The molecule has 8 heteroatoms. The Morgan fingerprint density at radius 3 is 3.12 bits per heavy atom. The van der Waals surface area contributed by atoms with Crippen molar-refractivity contribution in [3.8, 4) is 0 Å². The summed E-state index contributed by atoms with van der Waals surface area (Å²) in [5.41, 5.74) is 6.14. The molecule has 0 saturated carbocycles. The fraction of sp³-hybridized carbons (Fsp3) is 0.250. The number of halogens is 1. The third-order valence-corrected chi connectivity index (χ3v) is 2.09. The number of anilines is 1. The number of hydrogen-bond acceptors (Lipinski definition) is 5. The van der Waals surface area contributed by atoms with Gasteiger partial charge in [-0.3, -0.25) is 4.79 Å². The highest BCUT2D eigenvalue weighted by Gasteiger charge is 2.08. The molecule has 0 bridgehead atoms. The van der Waals surface area contributed by atoms with Gasteiger partial charge in [-0.25, -0.2) is 4.98 Å². The largest absolute Gasteiger partial charge is 0.370 e. The molecule has 0 aliphatic rings. The van der Waals surface area contributed by atoms with Crippen LogP contribution in [0.2, 0.25) is 5.28 Å². The lowest BCUT2D eigenvalue weighted by Crippen LogP contribution is -2.16. The second-order valence-corrected chi connectivity index (χ2v) is 3.42. The summed E-state index contributed by atoms with van der Waals surface area (Å²) in [5, 5.41) is 3.04. The number of aromatic amines is 1. The predicted molar refractivity (Wildman–Crippen MR) is 59.0 cm³/mol. The van der Waals surface area contributed by atoms with Gasteiger partial charge in [-0.2, -0.15) is 9.97 Å². The number of carbonyl (C=O) groups excluding carboxylic acids is 1. The Hall–Kier alpha value is -1.89. The zero-order chi connectivity index (χ0) is 11.5. The van der Waals surface area contributed by atoms with Crippen molar-refractivity contribution in [2.75, 3.05) is 11.9 Å². The van der Waals surface area contributed by atoms with Crippen molar-refractivity contribution in [3.05, 3.63) is 11.6 Å². The number of nitrogens with zero attached hydrogens (tertiary/aromatic N) is 3. The lowest BCUT2D eigenvalue weighted by molar-refractivity contribution is -0.117. The number of hydrogen-bond donors (Lipinski definition) is 3. The quantitative estimate of drug-likeness (QED) is 0.666. The SMILES string of the molecule is NC(=O)CCNc1nc(Cl)nc2nc[nH]c12. The molecule has 7 nitrogen and oxygen atoms in total. The summed E-state index contributed by atoms with van der Waals surface area (Å²) < 4.78 is 0. The van der Waals surface area contributed by atoms with E-state index in [1.807, 2.05) is 0 Å². The van der Waals surface area contributed by atoms with Gasteiger partial charge in [0, 0.05) is 13.0 Å². The number of nitrogens with two attached hydrogens (primary N) is 1. The van der Waals surface area contributed by atoms with Gasteiger partial charge >= 0.3 is 0 Å². The number of amides is 1. The summed E-state index contributed by atoms with van der Waals surface area (Å²) in [5.74, 6) is 0.127. The van der Waals surface area contributed by atoms with Crippen molar-refractivity contribution in [1.82, 2.24) is 19.9 Å². The molecule has 0 aromatic carbocycles. The van der Waals surface area contributed by atoms with Crippen LogP contribution in [0, 0.1) is 0 Å². The van der Waals surface area contributed by atoms with Crippen LogP contribution < -0.4 is 11.1 Å². The minimum Gasteiger partial charge on any atom is -0.370 e. The van der Waals surface area contributed by atoms with E-state index in [0.29, 0.717) is 23.5 Å². The Morgan fingerprint density at radius 1 is 1.56 bits per heavy atom. The maximum atomic E-state index is 10.6. The number of imidazole rings is 1. The number of primary amides is 1. The highest BCUT2D eigenvalue weighted by Crippen LogP contribution is 2.18. The van der Waals surface area contributed by atoms with Gasteiger partial charge in [-0.15, -0.1) is 0 Å². The van der Waals surface area contributed by atoms with E-state index in [1.54, 1.807) is 0 Å². The van der Waals surface area contributed by atoms with Gasteiger partial charge in [0.05, 0.1) is 6.33 Å². The van der Waals surface area contributed by atoms with Gasteiger partial charge in [0.25, 0.3) is 0 Å². The summed E-state index contributed by atoms with van der Waals surface area (Å²) in [4.78, 5) is 25.3. The maximum Gasteiger partial charge on any atom is 0.226 e. The van der Waals surface area contributed by atoms with Gasteiger partial charge in [0.15, 0.2) is 11.5 Å². The van der Waals surface area contributed by atoms with Crippen molar-refractivity contribution in [2.45, 2.75) is 6.42 Å². The summed E-state index contributed by atoms with van der Waals surface area (Å²) >= 11 is 5.71. The van der Waals surface area contributed by atoms with E-state index >= 15 is 0 Å². The van der Waals surface area contributed by atoms with Crippen LogP contribution in [0.25, 0.3) is 11.2 Å². The second-order valence-electron chi connectivity index (χ2n) is 3.09. The molecule has 0 unspecified atom stereocenters. The van der Waals surface area contributed by atoms with E-state index in [-0.39, 0.29) is 17.6 Å². The van der Waals surface area contributed by atoms with E-state index < -0.39 is 0 Å². The molecule has 2 aromatic heterocycles. The topological polar surface area (TPSA) is 110 Å². The van der Waals surface area contributed by atoms with Gasteiger partial charge in [-0.1, -0.05) is 0 Å². The normalized spacial score (nSPS) is 10.6. The van der Waals surface area contributed by atoms with E-state index in [9.17, 15) is 4.79 Å². The highest BCUT2D eigenvalue weighted by molar-refractivity contribution is 6.28. The van der Waals surface area contributed by atoms with E-state index in [2.05, 4.69) is 25.3 Å². The summed E-state index contributed by atoms with van der Waals surface area (Å²) in [6.07, 6.45) is 1.71. The number of fused-ring (bicyclic) bond motifs is 1. The molecule has 2 heterocycles. The molecule has 0 atom stereocenters. The molecule has 84 valence electrons. The van der Waals surface area contributed by atoms with Gasteiger partial charge in [-0.05, 0) is 11.6 Å². The summed E-state index contributed by atoms with van der Waals surface area (Å²) in [7, 11) is 0. The van der Waals surface area contributed by atoms with Gasteiger partial charge in [0.2, 0.25) is 11.2 Å². The van der Waals surface area contributed by atoms with Crippen LogP contribution in [0.4, 0.5) is 5.82 Å². The minimum atomic E-state index is -0.381. The third kappa shape index (κ3) is 2.19. The van der Waals surface area contributed by atoms with Crippen LogP contribution in [-0.2, 0) is 4.79 Å². The predicted octanol–water partition coefficient (Wildman–Crippen LogP) is 0.294. The lowest BCUT2D eigenvalue weighted by atomic mass is 10.4. The molecule has 0 spiro atoms. The number of aromatic nitrogens is 4. The Balaban J connectivity index is 2.22. The fourth-order valence-corrected chi connectivity index (χ4v) is 1.40. The van der Waals surface area contributed by atoms with Crippen LogP contribution in [0.5, 0.6) is 0 Å². The maximum absolute atomic E-state index is 10.6. The monoisotopic (exact) mass is 240 g/mol. The molecule has 2 aromatic rings. The first-order valence-corrected chi connectivity index (χ1v) is 4.93. The van der Waals surface area contributed by atoms with Crippen LogP contribution in [0.1, 0.15) is 6.42 Å². The Bertz CT molecular complexity index is 524. The molecule has 0 aliphatic carbocycles. The molecule has 1 amide bonds. The molecule has 0 saturated heterocycles. The second kappa shape index (κ2) is 4.31. The first-order valence-electron chi connectivity index (χ1n) is 4.55. The molecular formula is C8H9ClN6O. The van der Waals surface area contributed by atoms with E-state index in [1.165, 1.54) is 6.33 Å². The van der Waals surface area contributed by atoms with Crippen LogP contribution in [0.3, 0.4) is 0 Å². The van der Waals surface area contributed by atoms with Crippen molar-refractivity contribution in [3.63, 3.8) is 0 Å². The molecular weight excluding hydrogens is 232 g/mol. The fourth-order valence-electron chi connectivity index (χ4n) is 1.24. The summed E-state index contributed by atoms with van der Waals surface area (Å²) in [6, 6.07) is 0. The van der Waals surface area contributed by atoms with Crippen LogP contribution in [0.15, 0.2) is 6.33 Å². The first-order chi connectivity index (χ1) is 7.66. The molecule has 16 heavy (non-hydrogen) atoms. The molecule has 0 aliphatic heterocycles. The molecule has 4 N–H and O–H groups in total. The van der Waals surface area contributed by atoms with Gasteiger partial charge < -0.3 is 16.0 Å². The number of rotatable bonds is 4. The summed E-state index contributed by atoms with van der Waals surface area (Å²) in [6.45, 7) is 0.386. The zero-order valence-corrected chi connectivity index (χ0v) is 8.95. The molecule has 0 fully saturated rings. The molecule has 2 rings (SSSR count). The van der Waals surface area contributed by atoms with Gasteiger partial charge in [0.1, 0.15) is 5.52 Å². The smallest absolute Gasteiger partial charge is 0.226 e. The third-order valence-electron chi connectivity index (χ3n) is 1.92. The van der Waals surface area contributed by atoms with E-state index in [4.69, 9.17) is 17.3 Å². The number of carbonyl (C=O) groups is 1. The standard InChI is InChI=1S/C8H9ClN6O/c9-8-14-6(11-2-1-4(10)16)5-7(15-8)13-3-12-5/h3H,1-2H2,(H2,10,16)(H2,11,12,13,14,15). The Morgan fingerprint density at radius 2 is 2.38 bits per heavy atom. The minimum absolute atomic E-state index is 0.0983. The zero-order valence-electron chi connectivity index (χ0n) is 8.20. The van der Waals surface area contributed by atoms with Crippen molar-refractivity contribution in [2.24, 2.45) is 5.73 Å². The number of H-pyrrole nitrogens is 1. The van der Waals surface area contributed by atoms with E-state index in [0.717, 1.165) is 0 Å². The van der Waals surface area contributed by atoms with Crippen LogP contribution in [-0.4, -0.2) is 32.4 Å². The lowest BCUT2D eigenvalue weighted by Gasteiger charge is -2.04. The first kappa shape index (κ1) is 10.6.